The molecule has 0 unspecified atom stereocenters. The minimum absolute atomic E-state index is 0.0307. The number of carbonyl (C=O) groups is 1. The summed E-state index contributed by atoms with van der Waals surface area (Å²) in [6.07, 6.45) is 2.10. The molecule has 0 aromatic heterocycles. The lowest BCUT2D eigenvalue weighted by atomic mass is 9.95. The first-order valence-corrected chi connectivity index (χ1v) is 12.3. The molecule has 7 nitrogen and oxygen atoms in total. The van der Waals surface area contributed by atoms with Gasteiger partial charge in [0, 0.05) is 12.1 Å². The Labute approximate surface area is 218 Å². The quantitative estimate of drug-likeness (QED) is 0.299. The largest absolute Gasteiger partial charge is 0.497 e. The van der Waals surface area contributed by atoms with Crippen LogP contribution in [0.3, 0.4) is 0 Å². The van der Waals surface area contributed by atoms with Gasteiger partial charge < -0.3 is 25.0 Å². The van der Waals surface area contributed by atoms with E-state index in [9.17, 15) is 15.2 Å². The lowest BCUT2D eigenvalue weighted by Gasteiger charge is -2.28. The Morgan fingerprint density at radius 3 is 2.49 bits per heavy atom. The van der Waals surface area contributed by atoms with Crippen LogP contribution in [0.25, 0.3) is 11.1 Å². The van der Waals surface area contributed by atoms with Gasteiger partial charge in [-0.25, -0.2) is 4.79 Å². The number of nitrogens with zero attached hydrogens (tertiary/aromatic N) is 1. The van der Waals surface area contributed by atoms with Gasteiger partial charge in [0.25, 0.3) is 0 Å². The first-order valence-electron chi connectivity index (χ1n) is 12.3. The molecule has 0 heterocycles. The third-order valence-corrected chi connectivity index (χ3v) is 6.22. The maximum atomic E-state index is 11.1. The summed E-state index contributed by atoms with van der Waals surface area (Å²) in [5.74, 6) is 0.246. The Kier molecular flexibility index (Phi) is 9.67. The Morgan fingerprint density at radius 2 is 1.81 bits per heavy atom. The van der Waals surface area contributed by atoms with Crippen molar-refractivity contribution in [3.63, 3.8) is 0 Å². The molecule has 0 spiro atoms. The average Bonchev–Trinajstić information content (AvgIpc) is 2.90. The Morgan fingerprint density at radius 1 is 1.08 bits per heavy atom. The van der Waals surface area contributed by atoms with Crippen LogP contribution in [-0.4, -0.2) is 48.1 Å². The highest BCUT2D eigenvalue weighted by Gasteiger charge is 2.19. The number of benzene rings is 3. The van der Waals surface area contributed by atoms with Gasteiger partial charge in [-0.15, -0.1) is 0 Å². The molecule has 3 aromatic carbocycles. The van der Waals surface area contributed by atoms with Crippen molar-refractivity contribution in [2.75, 3.05) is 20.3 Å². The molecule has 0 saturated heterocycles. The molecule has 0 aliphatic rings. The summed E-state index contributed by atoms with van der Waals surface area (Å²) in [6, 6.07) is 21.9. The fraction of sp³-hybridized carbons (Fsp3) is 0.333. The number of β-amino-alcohol motifs (C(OH)–C–C–N with tert-alkyl or cyclic N) is 1. The first kappa shape index (κ1) is 27.7. The van der Waals surface area contributed by atoms with Gasteiger partial charge in [0.15, 0.2) is 0 Å². The zero-order valence-electron chi connectivity index (χ0n) is 21.5. The number of hydrogen-bond donors (Lipinski definition) is 3. The predicted molar refractivity (Wildman–Crippen MR) is 143 cm³/mol. The smallest absolute Gasteiger partial charge is 0.335 e. The van der Waals surface area contributed by atoms with Crippen LogP contribution in [0, 0.1) is 11.3 Å². The van der Waals surface area contributed by atoms with E-state index in [1.54, 1.807) is 37.4 Å². The fourth-order valence-electron chi connectivity index (χ4n) is 4.01. The molecule has 0 radical (unpaired) electrons. The third kappa shape index (κ3) is 8.35. The normalized spacial score (nSPS) is 12.0. The van der Waals surface area contributed by atoms with Gasteiger partial charge in [-0.1, -0.05) is 30.3 Å². The van der Waals surface area contributed by atoms with Crippen LogP contribution in [-0.2, 0) is 6.42 Å². The molecule has 0 aliphatic heterocycles. The molecule has 3 N–H and O–H groups in total. The summed E-state index contributed by atoms with van der Waals surface area (Å²) in [5, 5.41) is 32.5. The summed E-state index contributed by atoms with van der Waals surface area (Å²) < 4.78 is 11.1. The zero-order chi connectivity index (χ0) is 26.8. The minimum Gasteiger partial charge on any atom is -0.497 e. The molecular formula is C30H34N2O5. The number of aryl methyl sites for hydroxylation is 1. The summed E-state index contributed by atoms with van der Waals surface area (Å²) >= 11 is 0. The number of carboxylic acids is 1. The van der Waals surface area contributed by atoms with Crippen molar-refractivity contribution in [2.24, 2.45) is 0 Å². The van der Waals surface area contributed by atoms with E-state index in [2.05, 4.69) is 37.4 Å². The molecular weight excluding hydrogens is 468 g/mol. The Balaban J connectivity index is 1.51. The van der Waals surface area contributed by atoms with E-state index < -0.39 is 12.1 Å². The summed E-state index contributed by atoms with van der Waals surface area (Å²) in [4.78, 5) is 11.1. The molecule has 0 saturated carbocycles. The van der Waals surface area contributed by atoms with Gasteiger partial charge in [0.2, 0.25) is 0 Å². The number of nitriles is 1. The third-order valence-electron chi connectivity index (χ3n) is 6.22. The molecule has 37 heavy (non-hydrogen) atoms. The summed E-state index contributed by atoms with van der Waals surface area (Å²) in [6.45, 7) is 4.60. The van der Waals surface area contributed by atoms with Crippen molar-refractivity contribution < 1.29 is 24.5 Å². The van der Waals surface area contributed by atoms with Crippen LogP contribution in [0.4, 0.5) is 0 Å². The van der Waals surface area contributed by atoms with Gasteiger partial charge >= 0.3 is 5.97 Å². The van der Waals surface area contributed by atoms with E-state index in [0.29, 0.717) is 17.9 Å². The number of aromatic carboxylic acids is 1. The van der Waals surface area contributed by atoms with Gasteiger partial charge in [-0.3, -0.25) is 0 Å². The number of rotatable bonds is 13. The van der Waals surface area contributed by atoms with Crippen molar-refractivity contribution in [2.45, 2.75) is 44.8 Å². The number of nitrogens with one attached hydrogen (secondary N) is 1. The summed E-state index contributed by atoms with van der Waals surface area (Å²) in [7, 11) is 1.67. The minimum atomic E-state index is -0.988. The van der Waals surface area contributed by atoms with E-state index in [0.717, 1.165) is 36.1 Å². The number of ether oxygens (including phenoxy) is 2. The predicted octanol–water partition coefficient (Wildman–Crippen LogP) is 5.06. The SMILES string of the molecule is COc1cccc(CCCC(C)(C)NC[C@@H](O)COc2cc(-c3ccc(C(=O)O)cc3)ccc2C#N)c1. The maximum Gasteiger partial charge on any atom is 0.335 e. The molecule has 1 atom stereocenters. The van der Waals surface area contributed by atoms with Gasteiger partial charge in [0.1, 0.15) is 30.3 Å². The standard InChI is InChI=1S/C30H34N2O5/c1-30(2,15-5-7-21-6-4-8-27(16-21)36-3)32-19-26(33)20-37-28-17-24(13-14-25(28)18-31)22-9-11-23(12-10-22)29(34)35/h4,6,8-14,16-17,26,32-33H,5,7,15,19-20H2,1-3H3,(H,34,35)/t26-/m1/s1. The Bertz CT molecular complexity index is 1230. The molecule has 7 heteroatoms. The number of hydrogen-bond acceptors (Lipinski definition) is 6. The van der Waals surface area contributed by atoms with Crippen molar-refractivity contribution >= 4 is 5.97 Å². The monoisotopic (exact) mass is 502 g/mol. The second-order valence-corrected chi connectivity index (χ2v) is 9.64. The lowest BCUT2D eigenvalue weighted by Crippen LogP contribution is -2.44. The molecule has 3 aromatic rings. The first-order chi connectivity index (χ1) is 17.7. The van der Waals surface area contributed by atoms with Crippen molar-refractivity contribution in [1.82, 2.24) is 5.32 Å². The van der Waals surface area contributed by atoms with Crippen LogP contribution in [0.1, 0.15) is 48.2 Å². The second-order valence-electron chi connectivity index (χ2n) is 9.64. The van der Waals surface area contributed by atoms with Gasteiger partial charge in [0.05, 0.1) is 18.2 Å². The van der Waals surface area contributed by atoms with E-state index >= 15 is 0 Å². The molecule has 0 amide bonds. The second kappa shape index (κ2) is 12.9. The number of methoxy groups -OCH3 is 1. The highest BCUT2D eigenvalue weighted by Crippen LogP contribution is 2.28. The maximum absolute atomic E-state index is 11.1. The average molecular weight is 503 g/mol. The highest BCUT2D eigenvalue weighted by atomic mass is 16.5. The van der Waals surface area contributed by atoms with Crippen molar-refractivity contribution in [3.05, 3.63) is 83.4 Å². The fourth-order valence-corrected chi connectivity index (χ4v) is 4.01. The zero-order valence-corrected chi connectivity index (χ0v) is 21.5. The number of carboxylic acid groups (broad SMARTS) is 1. The van der Waals surface area contributed by atoms with E-state index in [1.165, 1.54) is 17.7 Å². The number of aliphatic hydroxyl groups excluding tert-OH is 1. The molecule has 0 aliphatic carbocycles. The molecule has 3 rings (SSSR count). The molecule has 0 fully saturated rings. The van der Waals surface area contributed by atoms with E-state index in [1.807, 2.05) is 12.1 Å². The number of aliphatic hydroxyl groups is 1. The highest BCUT2D eigenvalue weighted by molar-refractivity contribution is 5.88. The van der Waals surface area contributed by atoms with Crippen LogP contribution >= 0.6 is 0 Å². The van der Waals surface area contributed by atoms with Crippen molar-refractivity contribution in [3.8, 4) is 28.7 Å². The lowest BCUT2D eigenvalue weighted by molar-refractivity contribution is 0.0697. The van der Waals surface area contributed by atoms with E-state index in [-0.39, 0.29) is 17.7 Å². The van der Waals surface area contributed by atoms with Crippen LogP contribution < -0.4 is 14.8 Å². The molecule has 0 bridgehead atoms. The van der Waals surface area contributed by atoms with E-state index in [4.69, 9.17) is 14.6 Å². The van der Waals surface area contributed by atoms with Gasteiger partial charge in [-0.2, -0.15) is 5.26 Å². The van der Waals surface area contributed by atoms with Crippen LogP contribution in [0.2, 0.25) is 0 Å². The molecule has 194 valence electrons. The summed E-state index contributed by atoms with van der Waals surface area (Å²) in [5.41, 5.74) is 3.22. The topological polar surface area (TPSA) is 112 Å². The van der Waals surface area contributed by atoms with Crippen LogP contribution in [0.15, 0.2) is 66.7 Å². The Hall–Kier alpha value is -3.86. The van der Waals surface area contributed by atoms with Crippen molar-refractivity contribution in [1.29, 1.82) is 5.26 Å². The van der Waals surface area contributed by atoms with Gasteiger partial charge in [-0.05, 0) is 86.2 Å². The van der Waals surface area contributed by atoms with Crippen LogP contribution in [0.5, 0.6) is 11.5 Å².